The first-order valence-electron chi connectivity index (χ1n) is 11.9. The Morgan fingerprint density at radius 2 is 1.91 bits per heavy atom. The number of ether oxygens (including phenoxy) is 1. The molecule has 0 saturated carbocycles. The fourth-order valence-electron chi connectivity index (χ4n) is 5.30. The SMILES string of the molecule is COc1cccc(C2c3cccn3-c3sc4c(c3CN2C(=O)Nc2ccccc2Cl)CCCC4)c1. The Bertz CT molecular complexity index is 1410. The van der Waals surface area contributed by atoms with E-state index in [0.29, 0.717) is 17.3 Å². The number of hydrogen-bond donors (Lipinski definition) is 1. The highest BCUT2D eigenvalue weighted by molar-refractivity contribution is 7.15. The molecule has 1 atom stereocenters. The van der Waals surface area contributed by atoms with Crippen molar-refractivity contribution in [3.05, 3.63) is 99.1 Å². The van der Waals surface area contributed by atoms with E-state index >= 15 is 0 Å². The number of thiophene rings is 1. The predicted octanol–water partition coefficient (Wildman–Crippen LogP) is 7.22. The Balaban J connectivity index is 1.51. The number of urea groups is 1. The number of nitrogens with one attached hydrogen (secondary N) is 1. The molecule has 2 aromatic heterocycles. The molecule has 3 heterocycles. The lowest BCUT2D eigenvalue weighted by molar-refractivity contribution is 0.194. The van der Waals surface area contributed by atoms with Gasteiger partial charge in [0.1, 0.15) is 10.8 Å². The van der Waals surface area contributed by atoms with Gasteiger partial charge in [-0.15, -0.1) is 11.3 Å². The Hall–Kier alpha value is -3.22. The van der Waals surface area contributed by atoms with E-state index in [2.05, 4.69) is 34.3 Å². The number of amides is 2. The van der Waals surface area contributed by atoms with Crippen LogP contribution in [0.15, 0.2) is 66.9 Å². The standard InChI is InChI=1S/C28H26ClN3O2S/c1-34-19-9-6-8-18(16-19)26-24-13-7-15-31(24)27-21(20-10-2-5-14-25(20)35-27)17-32(26)28(33)30-23-12-4-3-11-22(23)29/h3-4,6-9,11-13,15-16,26H,2,5,10,14,17H2,1H3,(H,30,33). The van der Waals surface area contributed by atoms with Gasteiger partial charge in [-0.1, -0.05) is 35.9 Å². The van der Waals surface area contributed by atoms with E-state index in [4.69, 9.17) is 16.3 Å². The van der Waals surface area contributed by atoms with Crippen molar-refractivity contribution in [2.24, 2.45) is 0 Å². The molecule has 1 unspecified atom stereocenters. The van der Waals surface area contributed by atoms with Crippen LogP contribution in [0.1, 0.15) is 46.1 Å². The third-order valence-electron chi connectivity index (χ3n) is 6.96. The van der Waals surface area contributed by atoms with Gasteiger partial charge in [-0.05, 0) is 73.2 Å². The summed E-state index contributed by atoms with van der Waals surface area (Å²) in [6.07, 6.45) is 6.74. The highest BCUT2D eigenvalue weighted by Crippen LogP contribution is 2.44. The zero-order valence-electron chi connectivity index (χ0n) is 19.5. The molecule has 35 heavy (non-hydrogen) atoms. The average molecular weight is 504 g/mol. The van der Waals surface area contributed by atoms with Gasteiger partial charge in [0.2, 0.25) is 0 Å². The van der Waals surface area contributed by atoms with E-state index in [-0.39, 0.29) is 12.1 Å². The van der Waals surface area contributed by atoms with Crippen LogP contribution in [0.25, 0.3) is 5.00 Å². The number of aryl methyl sites for hydroxylation is 1. The highest BCUT2D eigenvalue weighted by atomic mass is 35.5. The first-order valence-corrected chi connectivity index (χ1v) is 13.1. The van der Waals surface area contributed by atoms with E-state index in [1.165, 1.54) is 33.8 Å². The molecule has 178 valence electrons. The molecule has 5 nitrogen and oxygen atoms in total. The molecular formula is C28H26ClN3O2S. The van der Waals surface area contributed by atoms with Crippen molar-refractivity contribution in [2.45, 2.75) is 38.3 Å². The maximum absolute atomic E-state index is 14.0. The van der Waals surface area contributed by atoms with Crippen LogP contribution in [0.5, 0.6) is 5.75 Å². The molecule has 0 fully saturated rings. The molecule has 2 aliphatic rings. The zero-order chi connectivity index (χ0) is 23.9. The Morgan fingerprint density at radius 3 is 2.77 bits per heavy atom. The molecular weight excluding hydrogens is 478 g/mol. The third kappa shape index (κ3) is 3.91. The fourth-order valence-corrected chi connectivity index (χ4v) is 6.89. The summed E-state index contributed by atoms with van der Waals surface area (Å²) in [6, 6.07) is 19.1. The number of anilines is 1. The van der Waals surface area contributed by atoms with Gasteiger partial charge >= 0.3 is 6.03 Å². The van der Waals surface area contributed by atoms with Crippen LogP contribution in [-0.4, -0.2) is 22.6 Å². The monoisotopic (exact) mass is 503 g/mol. The van der Waals surface area contributed by atoms with Crippen molar-refractivity contribution < 1.29 is 9.53 Å². The molecule has 0 radical (unpaired) electrons. The van der Waals surface area contributed by atoms with Gasteiger partial charge in [0.25, 0.3) is 0 Å². The topological polar surface area (TPSA) is 46.5 Å². The maximum atomic E-state index is 14.0. The lowest BCUT2D eigenvalue weighted by Crippen LogP contribution is -2.38. The summed E-state index contributed by atoms with van der Waals surface area (Å²) in [6.45, 7) is 0.529. The minimum absolute atomic E-state index is 0.178. The highest BCUT2D eigenvalue weighted by Gasteiger charge is 2.36. The number of nitrogens with zero attached hydrogens (tertiary/aromatic N) is 2. The van der Waals surface area contributed by atoms with Crippen LogP contribution in [0.3, 0.4) is 0 Å². The van der Waals surface area contributed by atoms with E-state index in [1.54, 1.807) is 13.2 Å². The molecule has 0 saturated heterocycles. The minimum Gasteiger partial charge on any atom is -0.497 e. The van der Waals surface area contributed by atoms with Gasteiger partial charge in [-0.2, -0.15) is 0 Å². The van der Waals surface area contributed by atoms with E-state index < -0.39 is 0 Å². The van der Waals surface area contributed by atoms with Crippen LogP contribution >= 0.6 is 22.9 Å². The number of fused-ring (bicyclic) bond motifs is 5. The van der Waals surface area contributed by atoms with Crippen molar-refractivity contribution in [2.75, 3.05) is 12.4 Å². The van der Waals surface area contributed by atoms with Gasteiger partial charge in [0.15, 0.2) is 0 Å². The fraction of sp³-hybridized carbons (Fsp3) is 0.250. The lowest BCUT2D eigenvalue weighted by Gasteiger charge is -2.31. The second-order valence-corrected chi connectivity index (χ2v) is 10.5. The lowest BCUT2D eigenvalue weighted by atomic mass is 9.95. The number of rotatable bonds is 3. The quantitative estimate of drug-likeness (QED) is 0.321. The van der Waals surface area contributed by atoms with Gasteiger partial charge in [-0.25, -0.2) is 4.79 Å². The molecule has 0 spiro atoms. The summed E-state index contributed by atoms with van der Waals surface area (Å²) >= 11 is 8.28. The molecule has 0 bridgehead atoms. The third-order valence-corrected chi connectivity index (χ3v) is 8.63. The smallest absolute Gasteiger partial charge is 0.323 e. The number of aromatic nitrogens is 1. The van der Waals surface area contributed by atoms with Gasteiger partial charge < -0.3 is 19.5 Å². The average Bonchev–Trinajstić information content (AvgIpc) is 3.47. The number of methoxy groups -OCH3 is 1. The second kappa shape index (κ2) is 9.10. The van der Waals surface area contributed by atoms with E-state index in [0.717, 1.165) is 29.8 Å². The molecule has 2 amide bonds. The Labute approximate surface area is 213 Å². The number of hydrogen-bond acceptors (Lipinski definition) is 3. The summed E-state index contributed by atoms with van der Waals surface area (Å²) in [7, 11) is 1.67. The molecule has 2 aromatic carbocycles. The van der Waals surface area contributed by atoms with Gasteiger partial charge in [0, 0.05) is 16.6 Å². The Morgan fingerprint density at radius 1 is 1.06 bits per heavy atom. The number of benzene rings is 2. The Kier molecular flexibility index (Phi) is 5.78. The first kappa shape index (κ1) is 22.3. The van der Waals surface area contributed by atoms with Crippen molar-refractivity contribution in [1.29, 1.82) is 0 Å². The van der Waals surface area contributed by atoms with Crippen LogP contribution < -0.4 is 10.1 Å². The molecule has 4 aromatic rings. The summed E-state index contributed by atoms with van der Waals surface area (Å²) in [4.78, 5) is 17.4. The van der Waals surface area contributed by atoms with Crippen molar-refractivity contribution >= 4 is 34.7 Å². The summed E-state index contributed by atoms with van der Waals surface area (Å²) < 4.78 is 7.82. The predicted molar refractivity (Wildman–Crippen MR) is 141 cm³/mol. The molecule has 7 heteroatoms. The normalized spacial score (nSPS) is 16.6. The number of para-hydroxylation sites is 1. The first-order chi connectivity index (χ1) is 17.1. The zero-order valence-corrected chi connectivity index (χ0v) is 21.0. The molecule has 1 aliphatic carbocycles. The van der Waals surface area contributed by atoms with Crippen molar-refractivity contribution in [1.82, 2.24) is 9.47 Å². The number of carbonyl (C=O) groups is 1. The van der Waals surface area contributed by atoms with Crippen molar-refractivity contribution in [3.8, 4) is 10.8 Å². The number of halogens is 1. The number of carbonyl (C=O) groups excluding carboxylic acids is 1. The molecule has 1 aliphatic heterocycles. The van der Waals surface area contributed by atoms with Crippen LogP contribution in [0.4, 0.5) is 10.5 Å². The van der Waals surface area contributed by atoms with Gasteiger partial charge in [0.05, 0.1) is 36.1 Å². The molecule has 6 rings (SSSR count). The summed E-state index contributed by atoms with van der Waals surface area (Å²) in [5, 5.41) is 4.83. The minimum atomic E-state index is -0.290. The summed E-state index contributed by atoms with van der Waals surface area (Å²) in [5.74, 6) is 0.767. The van der Waals surface area contributed by atoms with Crippen LogP contribution in [0.2, 0.25) is 5.02 Å². The maximum Gasteiger partial charge on any atom is 0.323 e. The van der Waals surface area contributed by atoms with Crippen LogP contribution in [0, 0.1) is 0 Å². The molecule has 1 N–H and O–H groups in total. The largest absolute Gasteiger partial charge is 0.497 e. The van der Waals surface area contributed by atoms with E-state index in [1.807, 2.05) is 52.6 Å². The second-order valence-electron chi connectivity index (χ2n) is 9.01. The summed E-state index contributed by atoms with van der Waals surface area (Å²) in [5.41, 5.74) is 5.36. The van der Waals surface area contributed by atoms with E-state index in [9.17, 15) is 4.79 Å². The van der Waals surface area contributed by atoms with Crippen LogP contribution in [-0.2, 0) is 19.4 Å². The van der Waals surface area contributed by atoms with Gasteiger partial charge in [-0.3, -0.25) is 0 Å². The van der Waals surface area contributed by atoms with Crippen molar-refractivity contribution in [3.63, 3.8) is 0 Å².